The van der Waals surface area contributed by atoms with E-state index in [1.54, 1.807) is 24.3 Å². The molecule has 0 radical (unpaired) electrons. The highest BCUT2D eigenvalue weighted by molar-refractivity contribution is 7.90. The fourth-order valence-corrected chi connectivity index (χ4v) is 4.32. The van der Waals surface area contributed by atoms with Crippen molar-refractivity contribution in [2.75, 3.05) is 13.7 Å². The van der Waals surface area contributed by atoms with Gasteiger partial charge in [0.25, 0.3) is 10.0 Å². The molecule has 0 saturated carbocycles. The number of hydrogen-bond donors (Lipinski definition) is 2. The van der Waals surface area contributed by atoms with Gasteiger partial charge in [0.2, 0.25) is 0 Å². The first-order valence-electron chi connectivity index (χ1n) is 9.04. The highest BCUT2D eigenvalue weighted by Crippen LogP contribution is 2.37. The maximum atomic E-state index is 14.6. The number of benzene rings is 2. The van der Waals surface area contributed by atoms with Gasteiger partial charge >= 0.3 is 12.1 Å². The van der Waals surface area contributed by atoms with E-state index in [2.05, 4.69) is 0 Å². The lowest BCUT2D eigenvalue weighted by Crippen LogP contribution is -2.21. The number of nitrogens with zero attached hydrogens (tertiary/aromatic N) is 1. The molecule has 0 amide bonds. The summed E-state index contributed by atoms with van der Waals surface area (Å²) in [6, 6.07) is 10.9. The zero-order valence-corrected chi connectivity index (χ0v) is 17.7. The molecule has 1 heterocycles. The third-order valence-corrected chi connectivity index (χ3v) is 6.20. The smallest absolute Gasteiger partial charge is 0.490 e. The largest absolute Gasteiger partial charge is 0.493 e. The van der Waals surface area contributed by atoms with E-state index in [9.17, 15) is 26.0 Å². The normalized spacial score (nSPS) is 12.7. The summed E-state index contributed by atoms with van der Waals surface area (Å²) in [5.41, 5.74) is 6.58. The number of hydrogen-bond acceptors (Lipinski definition) is 5. The molecule has 1 aromatic heterocycles. The quantitative estimate of drug-likeness (QED) is 0.543. The van der Waals surface area contributed by atoms with Gasteiger partial charge < -0.3 is 15.6 Å². The van der Waals surface area contributed by atoms with E-state index >= 15 is 0 Å². The van der Waals surface area contributed by atoms with Crippen LogP contribution in [0.15, 0.2) is 53.6 Å². The Morgan fingerprint density at radius 3 is 2.25 bits per heavy atom. The van der Waals surface area contributed by atoms with Crippen LogP contribution in [0, 0.1) is 5.82 Å². The van der Waals surface area contributed by atoms with Crippen molar-refractivity contribution in [3.63, 3.8) is 0 Å². The topological polar surface area (TPSA) is 112 Å². The molecule has 2 aromatic carbocycles. The minimum absolute atomic E-state index is 0.0975. The molecule has 0 aliphatic carbocycles. The van der Waals surface area contributed by atoms with Crippen LogP contribution in [0.25, 0.3) is 10.9 Å². The Morgan fingerprint density at radius 2 is 1.78 bits per heavy atom. The average molecular weight is 476 g/mol. The molecule has 12 heteroatoms. The molecule has 0 aliphatic heterocycles. The summed E-state index contributed by atoms with van der Waals surface area (Å²) in [7, 11) is -2.45. The molecule has 0 spiro atoms. The van der Waals surface area contributed by atoms with Crippen LogP contribution in [0.5, 0.6) is 5.75 Å². The minimum atomic E-state index is -5.08. The van der Waals surface area contributed by atoms with E-state index in [-0.39, 0.29) is 28.6 Å². The highest BCUT2D eigenvalue weighted by Gasteiger charge is 2.38. The summed E-state index contributed by atoms with van der Waals surface area (Å²) in [5.74, 6) is -3.47. The van der Waals surface area contributed by atoms with Crippen LogP contribution < -0.4 is 10.5 Å². The van der Waals surface area contributed by atoms with Gasteiger partial charge in [-0.15, -0.1) is 0 Å². The Morgan fingerprint density at radius 1 is 1.22 bits per heavy atom. The first kappa shape index (κ1) is 25.1. The lowest BCUT2D eigenvalue weighted by molar-refractivity contribution is -0.192. The van der Waals surface area contributed by atoms with Crippen molar-refractivity contribution in [3.05, 3.63) is 60.0 Å². The van der Waals surface area contributed by atoms with Gasteiger partial charge in [-0.3, -0.25) is 0 Å². The Labute approximate surface area is 181 Å². The number of nitrogens with two attached hydrogens (primary N) is 1. The Balaban J connectivity index is 0.000000451. The number of methoxy groups -OCH3 is 1. The minimum Gasteiger partial charge on any atom is -0.493 e. The van der Waals surface area contributed by atoms with Crippen molar-refractivity contribution in [1.29, 1.82) is 0 Å². The van der Waals surface area contributed by atoms with Gasteiger partial charge in [-0.05, 0) is 30.7 Å². The van der Waals surface area contributed by atoms with Crippen molar-refractivity contribution >= 4 is 26.9 Å². The monoisotopic (exact) mass is 476 g/mol. The van der Waals surface area contributed by atoms with Crippen LogP contribution >= 0.6 is 0 Å². The van der Waals surface area contributed by atoms with Crippen LogP contribution in [-0.2, 0) is 14.8 Å². The summed E-state index contributed by atoms with van der Waals surface area (Å²) in [6.45, 7) is 2.13. The molecule has 1 unspecified atom stereocenters. The Kier molecular flexibility index (Phi) is 7.52. The number of ether oxygens (including phenoxy) is 1. The van der Waals surface area contributed by atoms with Crippen LogP contribution in [0.1, 0.15) is 18.4 Å². The number of aromatic nitrogens is 1. The van der Waals surface area contributed by atoms with Crippen molar-refractivity contribution in [3.8, 4) is 5.75 Å². The molecule has 0 aliphatic rings. The standard InChI is InChI=1S/C18H19FN2O3S.C2HF3O2/c1-12(11-20)17-14-8-9-21(16(14)10-15(19)18(17)24-2)25(22,23)13-6-4-3-5-7-13;3-2(4,5)1(6)7/h3-10,12H,11,20H2,1-2H3;(H,6,7). The van der Waals surface area contributed by atoms with Crippen LogP contribution in [-0.4, -0.2) is 43.3 Å². The Bertz CT molecular complexity index is 1210. The van der Waals surface area contributed by atoms with Crippen LogP contribution in [0.2, 0.25) is 0 Å². The number of rotatable bonds is 5. The van der Waals surface area contributed by atoms with Gasteiger partial charge in [0.05, 0.1) is 17.5 Å². The van der Waals surface area contributed by atoms with E-state index in [1.807, 2.05) is 6.92 Å². The zero-order chi connectivity index (χ0) is 24.3. The van der Waals surface area contributed by atoms with Crippen LogP contribution in [0.4, 0.5) is 17.6 Å². The van der Waals surface area contributed by atoms with E-state index in [1.165, 1.54) is 31.5 Å². The maximum absolute atomic E-state index is 14.6. The first-order valence-corrected chi connectivity index (χ1v) is 10.5. The van der Waals surface area contributed by atoms with Crippen molar-refractivity contribution in [1.82, 2.24) is 3.97 Å². The van der Waals surface area contributed by atoms with Gasteiger partial charge in [-0.1, -0.05) is 25.1 Å². The molecule has 0 fully saturated rings. The number of carboxylic acids is 1. The number of halogens is 4. The van der Waals surface area contributed by atoms with Gasteiger partial charge in [-0.2, -0.15) is 13.2 Å². The molecule has 1 atom stereocenters. The molecule has 0 bridgehead atoms. The molecule has 7 nitrogen and oxygen atoms in total. The molecule has 3 rings (SSSR count). The van der Waals surface area contributed by atoms with Crippen LogP contribution in [0.3, 0.4) is 0 Å². The fourth-order valence-electron chi connectivity index (χ4n) is 2.96. The van der Waals surface area contributed by atoms with Gasteiger partial charge in [0.15, 0.2) is 11.6 Å². The molecule has 3 aromatic rings. The molecular weight excluding hydrogens is 456 g/mol. The maximum Gasteiger partial charge on any atom is 0.490 e. The zero-order valence-electron chi connectivity index (χ0n) is 16.9. The second-order valence-corrected chi connectivity index (χ2v) is 8.42. The van der Waals surface area contributed by atoms with Gasteiger partial charge in [0.1, 0.15) is 0 Å². The lowest BCUT2D eigenvalue weighted by Gasteiger charge is -2.17. The average Bonchev–Trinajstić information content (AvgIpc) is 3.16. The summed E-state index contributed by atoms with van der Waals surface area (Å²) >= 11 is 0. The summed E-state index contributed by atoms with van der Waals surface area (Å²) in [6.07, 6.45) is -3.65. The third kappa shape index (κ3) is 5.02. The van der Waals surface area contributed by atoms with Gasteiger partial charge in [-0.25, -0.2) is 21.6 Å². The summed E-state index contributed by atoms with van der Waals surface area (Å²) in [4.78, 5) is 9.03. The van der Waals surface area contributed by atoms with Gasteiger partial charge in [0, 0.05) is 23.2 Å². The number of fused-ring (bicyclic) bond motifs is 1. The second kappa shape index (κ2) is 9.57. The molecular formula is C20H20F4N2O5S. The first-order chi connectivity index (χ1) is 14.9. The van der Waals surface area contributed by atoms with E-state index in [0.717, 1.165) is 3.97 Å². The third-order valence-electron chi connectivity index (χ3n) is 4.50. The van der Waals surface area contributed by atoms with E-state index in [0.29, 0.717) is 10.9 Å². The SMILES string of the molecule is COc1c(F)cc2c(ccn2S(=O)(=O)c2ccccc2)c1C(C)CN.O=C(O)C(F)(F)F. The molecule has 0 saturated heterocycles. The molecule has 174 valence electrons. The Hall–Kier alpha value is -3.12. The summed E-state index contributed by atoms with van der Waals surface area (Å²) in [5, 5.41) is 7.73. The number of alkyl halides is 3. The number of aliphatic carboxylic acids is 1. The molecule has 32 heavy (non-hydrogen) atoms. The lowest BCUT2D eigenvalue weighted by atomic mass is 9.96. The van der Waals surface area contributed by atoms with E-state index < -0.39 is 28.0 Å². The number of carboxylic acid groups (broad SMARTS) is 1. The predicted octanol–water partition coefficient (Wildman–Crippen LogP) is 3.72. The van der Waals surface area contributed by atoms with E-state index in [4.69, 9.17) is 20.4 Å². The second-order valence-electron chi connectivity index (χ2n) is 6.61. The molecule has 3 N–H and O–H groups in total. The van der Waals surface area contributed by atoms with Crippen molar-refractivity contribution < 1.29 is 40.6 Å². The summed E-state index contributed by atoms with van der Waals surface area (Å²) < 4.78 is 78.4. The number of carbonyl (C=O) groups is 1. The van der Waals surface area contributed by atoms with Crippen molar-refractivity contribution in [2.24, 2.45) is 5.73 Å². The fraction of sp³-hybridized carbons (Fsp3) is 0.250. The van der Waals surface area contributed by atoms with Crippen molar-refractivity contribution in [2.45, 2.75) is 23.9 Å². The predicted molar refractivity (Wildman–Crippen MR) is 109 cm³/mol. The highest BCUT2D eigenvalue weighted by atomic mass is 32.2.